The van der Waals surface area contributed by atoms with E-state index in [2.05, 4.69) is 38.7 Å². The summed E-state index contributed by atoms with van der Waals surface area (Å²) in [7, 11) is 0. The average molecular weight is 226 g/mol. The Hall–Kier alpha value is -0.150. The number of hydrogen-bond donors (Lipinski definition) is 0. The van der Waals surface area contributed by atoms with Crippen LogP contribution in [0.2, 0.25) is 0 Å². The van der Waals surface area contributed by atoms with Crippen LogP contribution in [0.5, 0.6) is 0 Å². The van der Waals surface area contributed by atoms with Crippen molar-refractivity contribution in [1.82, 2.24) is 4.98 Å². The van der Waals surface area contributed by atoms with E-state index < -0.39 is 0 Å². The van der Waals surface area contributed by atoms with Crippen LogP contribution in [0.15, 0.2) is 22.2 Å². The van der Waals surface area contributed by atoms with E-state index in [4.69, 9.17) is 0 Å². The Kier molecular flexibility index (Phi) is 4.82. The molecule has 1 rings (SSSR count). The molecular weight excluding hydrogens is 210 g/mol. The maximum Gasteiger partial charge on any atom is 0.106 e. The first-order valence-corrected chi connectivity index (χ1v) is 6.56. The molecule has 0 spiro atoms. The highest BCUT2D eigenvalue weighted by Gasteiger charge is 2.03. The molecule has 0 fully saturated rings. The molecule has 77 valence electrons. The highest BCUT2D eigenvalue weighted by molar-refractivity contribution is 8.00. The predicted octanol–water partition coefficient (Wildman–Crippen LogP) is 3.88. The van der Waals surface area contributed by atoms with Gasteiger partial charge in [-0.2, -0.15) is 0 Å². The summed E-state index contributed by atoms with van der Waals surface area (Å²) in [4.78, 5) is 4.52. The fourth-order valence-electron chi connectivity index (χ4n) is 0.945. The van der Waals surface area contributed by atoms with Gasteiger partial charge in [0.15, 0.2) is 0 Å². The zero-order chi connectivity index (χ0) is 10.6. The highest BCUT2D eigenvalue weighted by Crippen LogP contribution is 2.25. The van der Waals surface area contributed by atoms with E-state index in [9.17, 15) is 0 Å². The second-order valence-corrected chi connectivity index (χ2v) is 6.73. The summed E-state index contributed by atoms with van der Waals surface area (Å²) < 4.78 is 0. The molecule has 1 aromatic heterocycles. The van der Waals surface area contributed by atoms with Crippen molar-refractivity contribution in [2.45, 2.75) is 48.2 Å². The second kappa shape index (κ2) is 5.66. The number of nitrogens with zero attached hydrogens (tertiary/aromatic N) is 1. The van der Waals surface area contributed by atoms with Gasteiger partial charge >= 0.3 is 0 Å². The number of hydrogen-bond acceptors (Lipinski definition) is 3. The van der Waals surface area contributed by atoms with E-state index in [-0.39, 0.29) is 0 Å². The van der Waals surface area contributed by atoms with Crippen molar-refractivity contribution in [2.75, 3.05) is 0 Å². The molecule has 0 N–H and O–H groups in total. The Morgan fingerprint density at radius 1 is 1.14 bits per heavy atom. The second-order valence-electron chi connectivity index (χ2n) is 3.57. The van der Waals surface area contributed by atoms with Gasteiger partial charge in [-0.05, 0) is 12.1 Å². The maximum absolute atomic E-state index is 4.52. The molecule has 3 heteroatoms. The van der Waals surface area contributed by atoms with Crippen LogP contribution >= 0.6 is 23.5 Å². The first kappa shape index (κ1) is 11.9. The standard InChI is InChI=1S/C11H16NS2/c1-8(2)13-10-6-5-7-11(12-10)14-9(3)4/h5-6,8-9H,1-4H3. The number of pyridine rings is 1. The molecule has 0 aliphatic heterocycles. The van der Waals surface area contributed by atoms with Gasteiger partial charge in [0.25, 0.3) is 0 Å². The first-order chi connectivity index (χ1) is 6.58. The van der Waals surface area contributed by atoms with Crippen molar-refractivity contribution in [3.8, 4) is 0 Å². The molecule has 0 atom stereocenters. The lowest BCUT2D eigenvalue weighted by Gasteiger charge is -2.07. The van der Waals surface area contributed by atoms with Crippen molar-refractivity contribution in [1.29, 1.82) is 0 Å². The largest absolute Gasteiger partial charge is 0.235 e. The molecule has 1 radical (unpaired) electrons. The Bertz CT molecular complexity index is 259. The lowest BCUT2D eigenvalue weighted by atomic mass is 10.5. The average Bonchev–Trinajstić information content (AvgIpc) is 2.01. The van der Waals surface area contributed by atoms with Gasteiger partial charge in [0.2, 0.25) is 0 Å². The number of thioether (sulfide) groups is 2. The molecule has 14 heavy (non-hydrogen) atoms. The molecule has 1 nitrogen and oxygen atoms in total. The normalized spacial score (nSPS) is 11.3. The zero-order valence-corrected chi connectivity index (χ0v) is 10.7. The van der Waals surface area contributed by atoms with Crippen LogP contribution in [-0.2, 0) is 0 Å². The number of aromatic nitrogens is 1. The minimum atomic E-state index is 0.568. The van der Waals surface area contributed by atoms with E-state index in [0.29, 0.717) is 10.5 Å². The van der Waals surface area contributed by atoms with E-state index in [1.165, 1.54) is 0 Å². The van der Waals surface area contributed by atoms with Crippen molar-refractivity contribution in [3.05, 3.63) is 18.2 Å². The quantitative estimate of drug-likeness (QED) is 0.723. The van der Waals surface area contributed by atoms with Gasteiger partial charge < -0.3 is 0 Å². The molecular formula is C11H16NS2. The molecule has 0 amide bonds. The Morgan fingerprint density at radius 3 is 2.36 bits per heavy atom. The minimum absolute atomic E-state index is 0.568. The molecule has 0 bridgehead atoms. The van der Waals surface area contributed by atoms with E-state index >= 15 is 0 Å². The van der Waals surface area contributed by atoms with Gasteiger partial charge in [0.05, 0.1) is 5.03 Å². The third kappa shape index (κ3) is 4.38. The third-order valence-corrected chi connectivity index (χ3v) is 3.19. The maximum atomic E-state index is 4.52. The van der Waals surface area contributed by atoms with E-state index in [1.54, 1.807) is 23.5 Å². The topological polar surface area (TPSA) is 12.9 Å². The summed E-state index contributed by atoms with van der Waals surface area (Å²) in [6.07, 6.45) is 0. The fourth-order valence-corrected chi connectivity index (χ4v) is 2.51. The van der Waals surface area contributed by atoms with Crippen LogP contribution < -0.4 is 0 Å². The van der Waals surface area contributed by atoms with E-state index in [0.717, 1.165) is 10.1 Å². The van der Waals surface area contributed by atoms with Gasteiger partial charge in [0, 0.05) is 16.6 Å². The molecule has 0 aliphatic rings. The van der Waals surface area contributed by atoms with Crippen LogP contribution in [0.3, 0.4) is 0 Å². The van der Waals surface area contributed by atoms with Gasteiger partial charge in [-0.3, -0.25) is 0 Å². The molecule has 1 heterocycles. The summed E-state index contributed by atoms with van der Waals surface area (Å²) in [6.45, 7) is 8.70. The van der Waals surface area contributed by atoms with Crippen LogP contribution in [0.4, 0.5) is 0 Å². The van der Waals surface area contributed by atoms with Crippen molar-refractivity contribution in [2.24, 2.45) is 0 Å². The molecule has 1 aromatic rings. The Labute approximate surface area is 95.1 Å². The van der Waals surface area contributed by atoms with Gasteiger partial charge in [-0.1, -0.05) is 27.7 Å². The molecule has 0 saturated carbocycles. The molecule has 0 saturated heterocycles. The van der Waals surface area contributed by atoms with Crippen molar-refractivity contribution >= 4 is 23.5 Å². The predicted molar refractivity (Wildman–Crippen MR) is 65.1 cm³/mol. The summed E-state index contributed by atoms with van der Waals surface area (Å²) in [6, 6.07) is 7.14. The van der Waals surface area contributed by atoms with Crippen LogP contribution in [0.25, 0.3) is 0 Å². The van der Waals surface area contributed by atoms with Gasteiger partial charge in [0.1, 0.15) is 5.03 Å². The lowest BCUT2D eigenvalue weighted by Crippen LogP contribution is -1.92. The summed E-state index contributed by atoms with van der Waals surface area (Å²) in [5.74, 6) is 0. The Morgan fingerprint density at radius 2 is 1.79 bits per heavy atom. The summed E-state index contributed by atoms with van der Waals surface area (Å²) in [5.41, 5.74) is 0. The Balaban J connectivity index is 2.68. The summed E-state index contributed by atoms with van der Waals surface area (Å²) >= 11 is 3.55. The van der Waals surface area contributed by atoms with Crippen LogP contribution in [0, 0.1) is 6.07 Å². The van der Waals surface area contributed by atoms with Gasteiger partial charge in [-0.15, -0.1) is 23.5 Å². The monoisotopic (exact) mass is 226 g/mol. The van der Waals surface area contributed by atoms with Crippen LogP contribution in [-0.4, -0.2) is 15.5 Å². The van der Waals surface area contributed by atoms with Gasteiger partial charge in [-0.25, -0.2) is 4.98 Å². The first-order valence-electron chi connectivity index (χ1n) is 4.80. The molecule has 0 aromatic carbocycles. The SMILES string of the molecule is CC(C)Sc1[c]ccc(SC(C)C)n1. The highest BCUT2D eigenvalue weighted by atomic mass is 32.2. The zero-order valence-electron chi connectivity index (χ0n) is 9.07. The minimum Gasteiger partial charge on any atom is -0.235 e. The number of rotatable bonds is 4. The fraction of sp³-hybridized carbons (Fsp3) is 0.545. The van der Waals surface area contributed by atoms with Crippen molar-refractivity contribution in [3.63, 3.8) is 0 Å². The molecule has 0 unspecified atom stereocenters. The summed E-state index contributed by atoms with van der Waals surface area (Å²) in [5, 5.41) is 3.26. The van der Waals surface area contributed by atoms with E-state index in [1.807, 2.05) is 12.1 Å². The van der Waals surface area contributed by atoms with Crippen molar-refractivity contribution < 1.29 is 0 Å². The smallest absolute Gasteiger partial charge is 0.106 e. The third-order valence-electron chi connectivity index (χ3n) is 1.35. The molecule has 0 aliphatic carbocycles. The lowest BCUT2D eigenvalue weighted by molar-refractivity contribution is 0.977. The van der Waals surface area contributed by atoms with Crippen LogP contribution in [0.1, 0.15) is 27.7 Å².